The second-order valence-corrected chi connectivity index (χ2v) is 7.30. The fourth-order valence-corrected chi connectivity index (χ4v) is 3.13. The van der Waals surface area contributed by atoms with Crippen molar-refractivity contribution in [1.82, 2.24) is 0 Å². The van der Waals surface area contributed by atoms with Crippen LogP contribution in [-0.2, 0) is 10.0 Å². The molecule has 1 atom stereocenters. The van der Waals surface area contributed by atoms with E-state index in [1.165, 1.54) is 5.56 Å². The second-order valence-electron chi connectivity index (χ2n) is 4.51. The molecule has 0 saturated carbocycles. The van der Waals surface area contributed by atoms with Crippen LogP contribution in [0, 0.1) is 0 Å². The van der Waals surface area contributed by atoms with Crippen LogP contribution in [-0.4, -0.2) is 14.2 Å². The Balaban J connectivity index is 2.02. The van der Waals surface area contributed by atoms with Crippen molar-refractivity contribution in [3.8, 4) is 0 Å². The van der Waals surface area contributed by atoms with Crippen molar-refractivity contribution in [2.45, 2.75) is 19.9 Å². The fourth-order valence-electron chi connectivity index (χ4n) is 1.74. The summed E-state index contributed by atoms with van der Waals surface area (Å²) >= 11 is 1.67. The van der Waals surface area contributed by atoms with Gasteiger partial charge >= 0.3 is 0 Å². The van der Waals surface area contributed by atoms with Crippen molar-refractivity contribution in [3.63, 3.8) is 0 Å². The smallest absolute Gasteiger partial charge is 0.232 e. The van der Waals surface area contributed by atoms with Crippen LogP contribution in [0.25, 0.3) is 0 Å². The van der Waals surface area contributed by atoms with E-state index in [-0.39, 0.29) is 11.8 Å². The van der Waals surface area contributed by atoms with Crippen molar-refractivity contribution in [1.29, 1.82) is 0 Å². The molecule has 1 heterocycles. The van der Waals surface area contributed by atoms with Gasteiger partial charge in [0.2, 0.25) is 10.0 Å². The fraction of sp³-hybridized carbons (Fsp3) is 0.286. The molecule has 0 fully saturated rings. The molecule has 6 heteroatoms. The molecule has 108 valence electrons. The Hall–Kier alpha value is -1.53. The summed E-state index contributed by atoms with van der Waals surface area (Å²) in [6, 6.07) is 9.57. The Bertz CT molecular complexity index is 634. The van der Waals surface area contributed by atoms with Gasteiger partial charge in [0.1, 0.15) is 0 Å². The Morgan fingerprint density at radius 1 is 1.15 bits per heavy atom. The van der Waals surface area contributed by atoms with Gasteiger partial charge in [-0.25, -0.2) is 8.42 Å². The molecule has 0 bridgehead atoms. The molecule has 0 aliphatic rings. The van der Waals surface area contributed by atoms with E-state index >= 15 is 0 Å². The third-order valence-electron chi connectivity index (χ3n) is 2.96. The van der Waals surface area contributed by atoms with Crippen LogP contribution in [0.5, 0.6) is 0 Å². The van der Waals surface area contributed by atoms with Crippen LogP contribution in [0.4, 0.5) is 11.4 Å². The lowest BCUT2D eigenvalue weighted by atomic mass is 10.1. The summed E-state index contributed by atoms with van der Waals surface area (Å²) in [4.78, 5) is 0. The van der Waals surface area contributed by atoms with Crippen LogP contribution in [0.1, 0.15) is 25.5 Å². The zero-order chi connectivity index (χ0) is 14.6. The summed E-state index contributed by atoms with van der Waals surface area (Å²) in [5.74, 6) is 0.0716. The first-order valence-corrected chi connectivity index (χ1v) is 8.99. The quantitative estimate of drug-likeness (QED) is 0.855. The lowest BCUT2D eigenvalue weighted by Crippen LogP contribution is -2.14. The molecule has 20 heavy (non-hydrogen) atoms. The van der Waals surface area contributed by atoms with Crippen molar-refractivity contribution < 1.29 is 8.42 Å². The van der Waals surface area contributed by atoms with Crippen LogP contribution >= 0.6 is 11.3 Å². The molecule has 0 aliphatic carbocycles. The van der Waals surface area contributed by atoms with E-state index in [4.69, 9.17) is 0 Å². The van der Waals surface area contributed by atoms with Gasteiger partial charge in [0.25, 0.3) is 0 Å². The third kappa shape index (κ3) is 3.98. The Labute approximate surface area is 123 Å². The first-order valence-electron chi connectivity index (χ1n) is 6.39. The lowest BCUT2D eigenvalue weighted by molar-refractivity contribution is 0.602. The first kappa shape index (κ1) is 14.9. The minimum atomic E-state index is -3.21. The maximum atomic E-state index is 11.5. The zero-order valence-electron chi connectivity index (χ0n) is 11.5. The summed E-state index contributed by atoms with van der Waals surface area (Å²) in [6.45, 7) is 3.70. The highest BCUT2D eigenvalue weighted by atomic mass is 32.2. The van der Waals surface area contributed by atoms with Gasteiger partial charge in [-0.2, -0.15) is 11.3 Å². The topological polar surface area (TPSA) is 58.2 Å². The molecule has 0 saturated heterocycles. The molecule has 2 rings (SSSR count). The van der Waals surface area contributed by atoms with E-state index in [0.29, 0.717) is 5.69 Å². The number of nitrogens with one attached hydrogen (secondary N) is 2. The summed E-state index contributed by atoms with van der Waals surface area (Å²) in [6.07, 6.45) is 0. The monoisotopic (exact) mass is 310 g/mol. The largest absolute Gasteiger partial charge is 0.378 e. The van der Waals surface area contributed by atoms with E-state index in [1.54, 1.807) is 30.4 Å². The highest BCUT2D eigenvalue weighted by Crippen LogP contribution is 2.22. The molecule has 0 spiro atoms. The molecule has 0 aliphatic heterocycles. The highest BCUT2D eigenvalue weighted by molar-refractivity contribution is 7.92. The number of sulfonamides is 1. The Morgan fingerprint density at radius 3 is 2.35 bits per heavy atom. The Morgan fingerprint density at radius 2 is 1.80 bits per heavy atom. The highest BCUT2D eigenvalue weighted by Gasteiger charge is 2.08. The number of rotatable bonds is 6. The van der Waals surface area contributed by atoms with Gasteiger partial charge in [-0.3, -0.25) is 4.72 Å². The van der Waals surface area contributed by atoms with Crippen molar-refractivity contribution in [3.05, 3.63) is 46.7 Å². The number of thiophene rings is 1. The summed E-state index contributed by atoms with van der Waals surface area (Å²) in [5.41, 5.74) is 2.79. The van der Waals surface area contributed by atoms with Gasteiger partial charge in [0, 0.05) is 17.4 Å². The van der Waals surface area contributed by atoms with E-state index in [0.717, 1.165) is 5.69 Å². The summed E-state index contributed by atoms with van der Waals surface area (Å²) in [5, 5.41) is 7.54. The average Bonchev–Trinajstić information content (AvgIpc) is 2.95. The van der Waals surface area contributed by atoms with Crippen molar-refractivity contribution in [2.75, 3.05) is 15.8 Å². The van der Waals surface area contributed by atoms with Crippen LogP contribution < -0.4 is 10.0 Å². The minimum Gasteiger partial charge on any atom is -0.378 e. The molecule has 1 unspecified atom stereocenters. The van der Waals surface area contributed by atoms with Crippen molar-refractivity contribution in [2.24, 2.45) is 0 Å². The van der Waals surface area contributed by atoms with Crippen molar-refractivity contribution >= 4 is 32.7 Å². The molecule has 0 radical (unpaired) electrons. The molecule has 2 aromatic rings. The molecular formula is C14H18N2O2S2. The van der Waals surface area contributed by atoms with Gasteiger partial charge < -0.3 is 5.32 Å². The average molecular weight is 310 g/mol. The van der Waals surface area contributed by atoms with Gasteiger partial charge in [-0.1, -0.05) is 0 Å². The number of benzene rings is 1. The zero-order valence-corrected chi connectivity index (χ0v) is 13.1. The molecular weight excluding hydrogens is 292 g/mol. The SMILES string of the molecule is CCS(=O)(=O)Nc1ccc(NC(C)c2ccsc2)cc1. The van der Waals surface area contributed by atoms with Gasteiger partial charge in [-0.05, 0) is 60.5 Å². The molecule has 1 aromatic heterocycles. The number of hydrogen-bond acceptors (Lipinski definition) is 4. The maximum absolute atomic E-state index is 11.5. The van der Waals surface area contributed by atoms with E-state index in [1.807, 2.05) is 12.1 Å². The Kier molecular flexibility index (Phi) is 4.67. The standard InChI is InChI=1S/C14H18N2O2S2/c1-3-20(17,18)16-14-6-4-13(5-7-14)15-11(2)12-8-9-19-10-12/h4-11,15-16H,3H2,1-2H3. The van der Waals surface area contributed by atoms with Gasteiger partial charge in [0.05, 0.1) is 5.75 Å². The second kappa shape index (κ2) is 6.28. The predicted octanol–water partition coefficient (Wildman–Crippen LogP) is 3.68. The van der Waals surface area contributed by atoms with E-state index in [9.17, 15) is 8.42 Å². The van der Waals surface area contributed by atoms with E-state index < -0.39 is 10.0 Å². The molecule has 4 nitrogen and oxygen atoms in total. The van der Waals surface area contributed by atoms with Crippen LogP contribution in [0.3, 0.4) is 0 Å². The first-order chi connectivity index (χ1) is 9.50. The normalized spacial score (nSPS) is 12.9. The summed E-state index contributed by atoms with van der Waals surface area (Å²) < 4.78 is 25.4. The maximum Gasteiger partial charge on any atom is 0.232 e. The number of anilines is 2. The molecule has 0 amide bonds. The van der Waals surface area contributed by atoms with Crippen LogP contribution in [0.2, 0.25) is 0 Å². The van der Waals surface area contributed by atoms with Gasteiger partial charge in [-0.15, -0.1) is 0 Å². The predicted molar refractivity (Wildman–Crippen MR) is 85.9 cm³/mol. The van der Waals surface area contributed by atoms with E-state index in [2.05, 4.69) is 33.8 Å². The number of hydrogen-bond donors (Lipinski definition) is 2. The summed E-state index contributed by atoms with van der Waals surface area (Å²) in [7, 11) is -3.21. The lowest BCUT2D eigenvalue weighted by Gasteiger charge is -2.14. The minimum absolute atomic E-state index is 0.0716. The molecule has 1 aromatic carbocycles. The van der Waals surface area contributed by atoms with Crippen LogP contribution in [0.15, 0.2) is 41.1 Å². The third-order valence-corrected chi connectivity index (χ3v) is 4.97. The molecule has 2 N–H and O–H groups in total. The van der Waals surface area contributed by atoms with Gasteiger partial charge in [0.15, 0.2) is 0 Å².